The van der Waals surface area contributed by atoms with E-state index >= 15 is 0 Å². The van der Waals surface area contributed by atoms with E-state index in [1.54, 1.807) is 42.5 Å². The van der Waals surface area contributed by atoms with Crippen LogP contribution in [0.2, 0.25) is 5.02 Å². The summed E-state index contributed by atoms with van der Waals surface area (Å²) in [6.07, 6.45) is 0. The van der Waals surface area contributed by atoms with Gasteiger partial charge in [0, 0.05) is 11.6 Å². The standard InChI is InChI=1S/C21H15ClFN3O2S2/c22-14-2-1-3-16(10-14)26-20(28)19-17(8-9-29-19)25-21(26)30-12-18(27)24-11-13-4-6-15(23)7-5-13/h1-10H,11-12H2,(H,24,27). The van der Waals surface area contributed by atoms with Gasteiger partial charge in [0.2, 0.25) is 5.91 Å². The van der Waals surface area contributed by atoms with Gasteiger partial charge in [-0.15, -0.1) is 11.3 Å². The highest BCUT2D eigenvalue weighted by Crippen LogP contribution is 2.24. The van der Waals surface area contributed by atoms with Crippen molar-refractivity contribution in [2.75, 3.05) is 5.75 Å². The van der Waals surface area contributed by atoms with E-state index in [1.807, 2.05) is 5.38 Å². The molecule has 2 aromatic carbocycles. The van der Waals surface area contributed by atoms with Crippen LogP contribution >= 0.6 is 34.7 Å². The van der Waals surface area contributed by atoms with E-state index < -0.39 is 0 Å². The topological polar surface area (TPSA) is 64.0 Å². The minimum atomic E-state index is -0.325. The van der Waals surface area contributed by atoms with E-state index in [4.69, 9.17) is 11.6 Å². The number of amides is 1. The van der Waals surface area contributed by atoms with Crippen molar-refractivity contribution in [3.8, 4) is 5.69 Å². The summed E-state index contributed by atoms with van der Waals surface area (Å²) in [4.78, 5) is 29.9. The third kappa shape index (κ3) is 4.56. The molecule has 5 nitrogen and oxygen atoms in total. The first kappa shape index (κ1) is 20.6. The van der Waals surface area contributed by atoms with Gasteiger partial charge in [0.15, 0.2) is 5.16 Å². The second-order valence-electron chi connectivity index (χ2n) is 6.34. The highest BCUT2D eigenvalue weighted by Gasteiger charge is 2.16. The molecule has 4 aromatic rings. The van der Waals surface area contributed by atoms with Crippen LogP contribution in [0.25, 0.3) is 15.9 Å². The summed E-state index contributed by atoms with van der Waals surface area (Å²) in [6.45, 7) is 0.289. The highest BCUT2D eigenvalue weighted by atomic mass is 35.5. The first-order chi connectivity index (χ1) is 14.5. The monoisotopic (exact) mass is 459 g/mol. The van der Waals surface area contributed by atoms with Crippen molar-refractivity contribution in [3.63, 3.8) is 0 Å². The lowest BCUT2D eigenvalue weighted by atomic mass is 10.2. The molecule has 0 saturated heterocycles. The number of benzene rings is 2. The summed E-state index contributed by atoms with van der Waals surface area (Å²) in [5, 5.41) is 5.50. The minimum absolute atomic E-state index is 0.0733. The van der Waals surface area contributed by atoms with Gasteiger partial charge in [0.05, 0.1) is 17.0 Å². The smallest absolute Gasteiger partial charge is 0.276 e. The second-order valence-corrected chi connectivity index (χ2v) is 8.64. The molecule has 0 aliphatic heterocycles. The van der Waals surface area contributed by atoms with Gasteiger partial charge < -0.3 is 5.32 Å². The molecule has 0 bridgehead atoms. The molecule has 0 saturated carbocycles. The molecule has 0 aliphatic carbocycles. The third-order valence-electron chi connectivity index (χ3n) is 4.25. The van der Waals surface area contributed by atoms with E-state index in [1.165, 1.54) is 39.8 Å². The number of hydrogen-bond acceptors (Lipinski definition) is 5. The van der Waals surface area contributed by atoms with Crippen molar-refractivity contribution in [1.82, 2.24) is 14.9 Å². The molecular formula is C21H15ClFN3O2S2. The molecule has 4 rings (SSSR count). The molecular weight excluding hydrogens is 445 g/mol. The summed E-state index contributed by atoms with van der Waals surface area (Å²) < 4.78 is 15.0. The van der Waals surface area contributed by atoms with Crippen molar-refractivity contribution in [1.29, 1.82) is 0 Å². The fourth-order valence-corrected chi connectivity index (χ4v) is 4.60. The molecule has 2 heterocycles. The van der Waals surface area contributed by atoms with E-state index in [9.17, 15) is 14.0 Å². The molecule has 30 heavy (non-hydrogen) atoms. The summed E-state index contributed by atoms with van der Waals surface area (Å²) in [5.41, 5.74) is 1.77. The van der Waals surface area contributed by atoms with E-state index in [0.717, 1.165) is 5.56 Å². The number of aromatic nitrogens is 2. The molecule has 1 amide bonds. The van der Waals surface area contributed by atoms with Crippen LogP contribution in [-0.4, -0.2) is 21.2 Å². The zero-order valence-electron chi connectivity index (χ0n) is 15.5. The van der Waals surface area contributed by atoms with Gasteiger partial charge in [0.1, 0.15) is 10.5 Å². The van der Waals surface area contributed by atoms with Crippen LogP contribution in [0.5, 0.6) is 0 Å². The number of fused-ring (bicyclic) bond motifs is 1. The van der Waals surface area contributed by atoms with Crippen molar-refractivity contribution in [3.05, 3.63) is 86.7 Å². The average Bonchev–Trinajstić information content (AvgIpc) is 3.21. The van der Waals surface area contributed by atoms with Crippen LogP contribution in [0.15, 0.2) is 69.9 Å². The number of carbonyl (C=O) groups excluding carboxylic acids is 1. The Labute approximate surface area is 184 Å². The molecule has 9 heteroatoms. The van der Waals surface area contributed by atoms with Crippen molar-refractivity contribution in [2.24, 2.45) is 0 Å². The Kier molecular flexibility index (Phi) is 6.17. The lowest BCUT2D eigenvalue weighted by Crippen LogP contribution is -2.26. The summed E-state index contributed by atoms with van der Waals surface area (Å²) in [7, 11) is 0. The summed E-state index contributed by atoms with van der Waals surface area (Å²) in [6, 6.07) is 14.6. The van der Waals surface area contributed by atoms with Gasteiger partial charge in [-0.25, -0.2) is 9.37 Å². The number of hydrogen-bond donors (Lipinski definition) is 1. The van der Waals surface area contributed by atoms with Crippen LogP contribution in [0.3, 0.4) is 0 Å². The van der Waals surface area contributed by atoms with Crippen LogP contribution in [0.1, 0.15) is 5.56 Å². The average molecular weight is 460 g/mol. The van der Waals surface area contributed by atoms with Crippen LogP contribution in [-0.2, 0) is 11.3 Å². The van der Waals surface area contributed by atoms with Crippen molar-refractivity contribution in [2.45, 2.75) is 11.7 Å². The molecule has 152 valence electrons. The minimum Gasteiger partial charge on any atom is -0.351 e. The van der Waals surface area contributed by atoms with Crippen LogP contribution < -0.4 is 10.9 Å². The fraction of sp³-hybridized carbons (Fsp3) is 0.0952. The van der Waals surface area contributed by atoms with Crippen LogP contribution in [0.4, 0.5) is 4.39 Å². The number of carbonyl (C=O) groups is 1. The molecule has 1 N–H and O–H groups in total. The quantitative estimate of drug-likeness (QED) is 0.337. The zero-order valence-corrected chi connectivity index (χ0v) is 17.9. The Morgan fingerprint density at radius 1 is 1.20 bits per heavy atom. The number of rotatable bonds is 6. The first-order valence-corrected chi connectivity index (χ1v) is 11.2. The largest absolute Gasteiger partial charge is 0.351 e. The van der Waals surface area contributed by atoms with Gasteiger partial charge in [-0.05, 0) is 47.3 Å². The Bertz CT molecular complexity index is 1270. The first-order valence-electron chi connectivity index (χ1n) is 8.91. The zero-order chi connectivity index (χ0) is 21.1. The summed E-state index contributed by atoms with van der Waals surface area (Å²) >= 11 is 8.60. The number of thioether (sulfide) groups is 1. The number of halogens is 2. The maximum atomic E-state index is 13.1. The molecule has 0 radical (unpaired) electrons. The third-order valence-corrected chi connectivity index (χ3v) is 6.32. The molecule has 0 aliphatic rings. The highest BCUT2D eigenvalue weighted by molar-refractivity contribution is 7.99. The predicted octanol–water partition coefficient (Wildman–Crippen LogP) is 4.65. The van der Waals surface area contributed by atoms with Crippen molar-refractivity contribution >= 4 is 50.8 Å². The molecule has 0 spiro atoms. The maximum absolute atomic E-state index is 13.1. The predicted molar refractivity (Wildman–Crippen MR) is 119 cm³/mol. The Balaban J connectivity index is 1.56. The molecule has 2 aromatic heterocycles. The summed E-state index contributed by atoms with van der Waals surface area (Å²) in [5.74, 6) is -0.472. The van der Waals surface area contributed by atoms with Crippen LogP contribution in [0, 0.1) is 5.82 Å². The van der Waals surface area contributed by atoms with E-state index in [0.29, 0.717) is 26.1 Å². The second kappa shape index (κ2) is 8.99. The molecule has 0 atom stereocenters. The Morgan fingerprint density at radius 3 is 2.77 bits per heavy atom. The van der Waals surface area contributed by atoms with Crippen molar-refractivity contribution < 1.29 is 9.18 Å². The molecule has 0 unspecified atom stereocenters. The maximum Gasteiger partial charge on any atom is 0.276 e. The van der Waals surface area contributed by atoms with Gasteiger partial charge in [0.25, 0.3) is 5.56 Å². The van der Waals surface area contributed by atoms with Gasteiger partial charge in [-0.3, -0.25) is 14.2 Å². The van der Waals surface area contributed by atoms with E-state index in [-0.39, 0.29) is 29.6 Å². The van der Waals surface area contributed by atoms with Gasteiger partial charge >= 0.3 is 0 Å². The number of nitrogens with one attached hydrogen (secondary N) is 1. The number of thiophene rings is 1. The SMILES string of the molecule is O=C(CSc1nc2ccsc2c(=O)n1-c1cccc(Cl)c1)NCc1ccc(F)cc1. The Morgan fingerprint density at radius 2 is 2.00 bits per heavy atom. The normalized spacial score (nSPS) is 11.0. The fourth-order valence-electron chi connectivity index (χ4n) is 2.82. The number of nitrogens with zero attached hydrogens (tertiary/aromatic N) is 2. The Hall–Kier alpha value is -2.68. The van der Waals surface area contributed by atoms with E-state index in [2.05, 4.69) is 10.3 Å². The van der Waals surface area contributed by atoms with Gasteiger partial charge in [-0.1, -0.05) is 41.6 Å². The lowest BCUT2D eigenvalue weighted by Gasteiger charge is -2.12. The molecule has 0 fully saturated rings. The lowest BCUT2D eigenvalue weighted by molar-refractivity contribution is -0.118. The van der Waals surface area contributed by atoms with Gasteiger partial charge in [-0.2, -0.15) is 0 Å².